The zero-order valence-electron chi connectivity index (χ0n) is 24.2. The molecule has 1 aromatic carbocycles. The first kappa shape index (κ1) is 27.8. The van der Waals surface area contributed by atoms with E-state index in [9.17, 15) is 19.8 Å². The molecule has 1 aromatic heterocycles. The van der Waals surface area contributed by atoms with Crippen LogP contribution in [0.1, 0.15) is 64.9 Å². The van der Waals surface area contributed by atoms with Crippen LogP contribution in [0.15, 0.2) is 59.4 Å². The summed E-state index contributed by atoms with van der Waals surface area (Å²) < 4.78 is 0. The third-order valence-corrected chi connectivity index (χ3v) is 11.2. The lowest BCUT2D eigenvalue weighted by atomic mass is 9.47. The average Bonchev–Trinajstić information content (AvgIpc) is 3.45. The lowest BCUT2D eigenvalue weighted by Gasteiger charge is -2.58. The highest BCUT2D eigenvalue weighted by atomic mass is 16.6. The Labute approximate surface area is 240 Å². The predicted molar refractivity (Wildman–Crippen MR) is 157 cm³/mol. The molecule has 0 saturated heterocycles. The Morgan fingerprint density at radius 3 is 2.73 bits per heavy atom. The number of hydrogen-bond donors (Lipinski definition) is 4. The van der Waals surface area contributed by atoms with Crippen LogP contribution >= 0.6 is 0 Å². The number of carboxylic acid groups (broad SMARTS) is 1. The first-order valence-electron chi connectivity index (χ1n) is 14.9. The number of aliphatic hydroxyl groups is 1. The number of hydrogen-bond acceptors (Lipinski definition) is 5. The fourth-order valence-electron chi connectivity index (χ4n) is 8.63. The van der Waals surface area contributed by atoms with E-state index in [1.165, 1.54) is 5.57 Å². The summed E-state index contributed by atoms with van der Waals surface area (Å²) in [4.78, 5) is 33.0. The normalized spacial score (nSPS) is 35.8. The van der Waals surface area contributed by atoms with Crippen LogP contribution in [0.5, 0.6) is 0 Å². The van der Waals surface area contributed by atoms with Crippen LogP contribution in [0.2, 0.25) is 0 Å². The number of rotatable bonds is 7. The van der Waals surface area contributed by atoms with Crippen LogP contribution in [0.25, 0.3) is 10.9 Å². The summed E-state index contributed by atoms with van der Waals surface area (Å²) in [6, 6.07) is 6.58. The fraction of sp³-hybridized carbons (Fsp3) is 0.545. The van der Waals surface area contributed by atoms with Crippen molar-refractivity contribution in [2.45, 2.75) is 77.4 Å². The third kappa shape index (κ3) is 4.70. The number of benzene rings is 1. The SMILES string of the molecule is C[C@]12C=C/C(=N/OCC(=O)N[C@H](Cc3c[nH]c4ccccc34)C(=O)O)C=C1CC[C@@H]1[C@H]2CC[C@@]2(C)[C@@H]1CC[C@]2(C)O. The number of aromatic amines is 1. The number of carbonyl (C=O) groups is 2. The van der Waals surface area contributed by atoms with E-state index in [2.05, 4.69) is 41.5 Å². The summed E-state index contributed by atoms with van der Waals surface area (Å²) in [7, 11) is 0. The second kappa shape index (κ2) is 10.2. The number of allylic oxidation sites excluding steroid dienone is 4. The Morgan fingerprint density at radius 2 is 1.93 bits per heavy atom. The van der Waals surface area contributed by atoms with Gasteiger partial charge in [0.05, 0.1) is 5.60 Å². The number of carboxylic acids is 1. The van der Waals surface area contributed by atoms with E-state index in [0.717, 1.165) is 55.0 Å². The number of amides is 1. The fourth-order valence-corrected chi connectivity index (χ4v) is 8.63. The van der Waals surface area contributed by atoms with Crippen LogP contribution in [0.3, 0.4) is 0 Å². The van der Waals surface area contributed by atoms with Crippen molar-refractivity contribution in [3.05, 3.63) is 59.8 Å². The molecule has 3 fully saturated rings. The molecule has 8 nitrogen and oxygen atoms in total. The molecule has 0 radical (unpaired) electrons. The van der Waals surface area contributed by atoms with Gasteiger partial charge in [0.25, 0.3) is 5.91 Å². The van der Waals surface area contributed by atoms with E-state index in [0.29, 0.717) is 23.5 Å². The minimum atomic E-state index is -1.10. The van der Waals surface area contributed by atoms with Crippen molar-refractivity contribution in [2.75, 3.05) is 6.61 Å². The number of carbonyl (C=O) groups excluding carboxylic acids is 1. The smallest absolute Gasteiger partial charge is 0.326 e. The molecule has 41 heavy (non-hydrogen) atoms. The zero-order valence-corrected chi connectivity index (χ0v) is 24.2. The van der Waals surface area contributed by atoms with Crippen molar-refractivity contribution in [1.29, 1.82) is 0 Å². The van der Waals surface area contributed by atoms with Gasteiger partial charge < -0.3 is 25.4 Å². The highest BCUT2D eigenvalue weighted by Gasteiger charge is 2.62. The van der Waals surface area contributed by atoms with Gasteiger partial charge in [-0.15, -0.1) is 0 Å². The highest BCUT2D eigenvalue weighted by Crippen LogP contribution is 2.66. The van der Waals surface area contributed by atoms with E-state index in [-0.39, 0.29) is 23.9 Å². The molecule has 0 spiro atoms. The van der Waals surface area contributed by atoms with E-state index >= 15 is 0 Å². The van der Waals surface area contributed by atoms with Crippen molar-refractivity contribution in [1.82, 2.24) is 10.3 Å². The first-order chi connectivity index (χ1) is 19.5. The number of nitrogens with one attached hydrogen (secondary N) is 2. The number of nitrogens with zero attached hydrogens (tertiary/aromatic N) is 1. The lowest BCUT2D eigenvalue weighted by Crippen LogP contribution is -2.53. The summed E-state index contributed by atoms with van der Waals surface area (Å²) in [6.07, 6.45) is 14.6. The van der Waals surface area contributed by atoms with Gasteiger partial charge in [-0.1, -0.05) is 48.9 Å². The molecule has 2 aromatic rings. The van der Waals surface area contributed by atoms with Gasteiger partial charge in [0.15, 0.2) is 6.61 Å². The zero-order chi connectivity index (χ0) is 29.0. The summed E-state index contributed by atoms with van der Waals surface area (Å²) in [6.45, 7) is 6.33. The molecule has 4 N–H and O–H groups in total. The third-order valence-electron chi connectivity index (χ3n) is 11.2. The molecule has 0 bridgehead atoms. The van der Waals surface area contributed by atoms with Gasteiger partial charge in [0.2, 0.25) is 0 Å². The van der Waals surface area contributed by atoms with Crippen LogP contribution in [0, 0.1) is 28.6 Å². The number of aliphatic carboxylic acids is 1. The van der Waals surface area contributed by atoms with Gasteiger partial charge in [-0.05, 0) is 92.4 Å². The van der Waals surface area contributed by atoms with Gasteiger partial charge in [0.1, 0.15) is 11.8 Å². The maximum absolute atomic E-state index is 12.6. The molecule has 4 aliphatic rings. The summed E-state index contributed by atoms with van der Waals surface area (Å²) in [5.74, 6) is 0.0834. The Hall–Kier alpha value is -3.39. The molecule has 1 heterocycles. The molecule has 6 rings (SSSR count). The number of H-pyrrole nitrogens is 1. The number of para-hydroxylation sites is 1. The Bertz CT molecular complexity index is 1450. The maximum Gasteiger partial charge on any atom is 0.326 e. The molecule has 3 saturated carbocycles. The molecule has 8 heteroatoms. The van der Waals surface area contributed by atoms with Gasteiger partial charge in [-0.3, -0.25) is 4.79 Å². The summed E-state index contributed by atoms with van der Waals surface area (Å²) in [5.41, 5.74) is 3.16. The molecular weight excluding hydrogens is 518 g/mol. The van der Waals surface area contributed by atoms with Crippen LogP contribution in [-0.2, 0) is 20.8 Å². The minimum absolute atomic E-state index is 0.000224. The van der Waals surface area contributed by atoms with Crippen molar-refractivity contribution in [2.24, 2.45) is 33.7 Å². The molecular formula is C33H41N3O5. The van der Waals surface area contributed by atoms with Crippen molar-refractivity contribution >= 4 is 28.5 Å². The summed E-state index contributed by atoms with van der Waals surface area (Å²) in [5, 5.41) is 28.6. The minimum Gasteiger partial charge on any atom is -0.480 e. The molecule has 1 amide bonds. The summed E-state index contributed by atoms with van der Waals surface area (Å²) >= 11 is 0. The molecule has 0 aliphatic heterocycles. The van der Waals surface area contributed by atoms with Crippen LogP contribution < -0.4 is 5.32 Å². The monoisotopic (exact) mass is 559 g/mol. The van der Waals surface area contributed by atoms with E-state index in [4.69, 9.17) is 4.84 Å². The lowest BCUT2D eigenvalue weighted by molar-refractivity contribution is -0.142. The van der Waals surface area contributed by atoms with E-state index in [1.807, 2.05) is 37.3 Å². The van der Waals surface area contributed by atoms with Crippen molar-refractivity contribution in [3.63, 3.8) is 0 Å². The highest BCUT2D eigenvalue weighted by molar-refractivity contribution is 6.05. The van der Waals surface area contributed by atoms with Crippen LogP contribution in [0.4, 0.5) is 0 Å². The number of aromatic nitrogens is 1. The van der Waals surface area contributed by atoms with Crippen molar-refractivity contribution < 1.29 is 24.6 Å². The number of fused-ring (bicyclic) bond motifs is 6. The average molecular weight is 560 g/mol. The van der Waals surface area contributed by atoms with Gasteiger partial charge >= 0.3 is 5.97 Å². The standard InChI is InChI=1S/C33H41N3O5/c1-31-13-10-22(17-21(31)8-9-24-25(31)11-14-32(2)26(24)12-15-33(32,3)40)36-41-19-29(37)35-28(30(38)39)16-20-18-34-27-7-5-4-6-23(20)27/h4-7,10,13,17-18,24-26,28,34,40H,8-9,11-12,14-16,19H2,1-3H3,(H,35,37)(H,38,39)/b36-22-/t24-,25-,26-,28-,31+,32+,33+/m1/s1. The Kier molecular flexibility index (Phi) is 6.88. The number of oxime groups is 1. The van der Waals surface area contributed by atoms with Gasteiger partial charge in [-0.25, -0.2) is 4.79 Å². The Morgan fingerprint density at radius 1 is 1.15 bits per heavy atom. The maximum atomic E-state index is 12.6. The predicted octanol–water partition coefficient (Wildman–Crippen LogP) is 5.14. The first-order valence-corrected chi connectivity index (χ1v) is 14.9. The second-order valence-corrected chi connectivity index (χ2v) is 13.3. The van der Waals surface area contributed by atoms with Crippen LogP contribution in [-0.4, -0.2) is 51.0 Å². The Balaban J connectivity index is 1.07. The quantitative estimate of drug-likeness (QED) is 0.350. The largest absolute Gasteiger partial charge is 0.480 e. The molecule has 0 unspecified atom stereocenters. The van der Waals surface area contributed by atoms with Gasteiger partial charge in [0, 0.05) is 28.9 Å². The second-order valence-electron chi connectivity index (χ2n) is 13.3. The topological polar surface area (TPSA) is 124 Å². The van der Waals surface area contributed by atoms with Crippen molar-refractivity contribution in [3.8, 4) is 0 Å². The molecule has 218 valence electrons. The molecule has 4 aliphatic carbocycles. The van der Waals surface area contributed by atoms with E-state index < -0.39 is 23.5 Å². The van der Waals surface area contributed by atoms with E-state index in [1.54, 1.807) is 6.20 Å². The van der Waals surface area contributed by atoms with Gasteiger partial charge in [-0.2, -0.15) is 0 Å². The molecule has 7 atom stereocenters.